The van der Waals surface area contributed by atoms with Gasteiger partial charge in [0.25, 0.3) is 0 Å². The summed E-state index contributed by atoms with van der Waals surface area (Å²) >= 11 is 0. The topological polar surface area (TPSA) is 72.4 Å². The van der Waals surface area contributed by atoms with Gasteiger partial charge in [0, 0.05) is 12.2 Å². The van der Waals surface area contributed by atoms with Crippen molar-refractivity contribution in [2.75, 3.05) is 10.6 Å². The van der Waals surface area contributed by atoms with Crippen LogP contribution in [0, 0.1) is 0 Å². The molecule has 0 atom stereocenters. The highest BCUT2D eigenvalue weighted by molar-refractivity contribution is 6.07. The van der Waals surface area contributed by atoms with Crippen molar-refractivity contribution < 1.29 is 4.79 Å². The summed E-state index contributed by atoms with van der Waals surface area (Å²) in [5.74, 6) is 0.0646. The van der Waals surface area contributed by atoms with Crippen molar-refractivity contribution >= 4 is 23.0 Å². The number of hydrogen-bond acceptors (Lipinski definition) is 3. The molecule has 0 radical (unpaired) electrons. The Hall–Kier alpha value is -2.33. The fourth-order valence-electron chi connectivity index (χ4n) is 2.45. The number of hydrogen-bond donors (Lipinski definition) is 2. The first-order valence-corrected chi connectivity index (χ1v) is 6.19. The van der Waals surface area contributed by atoms with Gasteiger partial charge in [-0.15, -0.1) is 0 Å². The molecule has 4 N–H and O–H groups in total. The molecule has 3 rings (SSSR count). The third kappa shape index (κ3) is 1.96. The highest BCUT2D eigenvalue weighted by atomic mass is 16.2. The van der Waals surface area contributed by atoms with Crippen molar-refractivity contribution in [3.8, 4) is 0 Å². The first-order valence-electron chi connectivity index (χ1n) is 6.19. The molecule has 4 heteroatoms. The average Bonchev–Trinajstić information content (AvgIpc) is 2.73. The van der Waals surface area contributed by atoms with Crippen molar-refractivity contribution in [3.63, 3.8) is 0 Å². The standard InChI is InChI=1S/C15H15N3O/c16-9-10-4-5-14-11(6-10)7-15(19)18(14)13-3-1-2-12(17)8-13/h1-6,8H,7,9,16-17H2. The summed E-state index contributed by atoms with van der Waals surface area (Å²) in [5, 5.41) is 0. The number of nitrogens with zero attached hydrogens (tertiary/aromatic N) is 1. The zero-order valence-electron chi connectivity index (χ0n) is 10.5. The molecule has 0 aliphatic carbocycles. The first kappa shape index (κ1) is 11.7. The number of nitrogens with two attached hydrogens (primary N) is 2. The lowest BCUT2D eigenvalue weighted by Crippen LogP contribution is -2.20. The van der Waals surface area contributed by atoms with Crippen molar-refractivity contribution in [2.45, 2.75) is 13.0 Å². The summed E-state index contributed by atoms with van der Waals surface area (Å²) in [6.07, 6.45) is 0.415. The van der Waals surface area contributed by atoms with Gasteiger partial charge in [-0.05, 0) is 35.4 Å². The van der Waals surface area contributed by atoms with Crippen LogP contribution in [-0.2, 0) is 17.8 Å². The highest BCUT2D eigenvalue weighted by Gasteiger charge is 2.28. The number of anilines is 3. The van der Waals surface area contributed by atoms with Gasteiger partial charge in [-0.1, -0.05) is 18.2 Å². The summed E-state index contributed by atoms with van der Waals surface area (Å²) < 4.78 is 0. The Bertz CT molecular complexity index is 652. The molecule has 19 heavy (non-hydrogen) atoms. The van der Waals surface area contributed by atoms with E-state index in [0.29, 0.717) is 18.7 Å². The Morgan fingerprint density at radius 2 is 2.00 bits per heavy atom. The third-order valence-corrected chi connectivity index (χ3v) is 3.34. The zero-order chi connectivity index (χ0) is 13.4. The second-order valence-corrected chi connectivity index (χ2v) is 4.67. The van der Waals surface area contributed by atoms with E-state index >= 15 is 0 Å². The van der Waals surface area contributed by atoms with Crippen molar-refractivity contribution in [1.82, 2.24) is 0 Å². The number of benzene rings is 2. The van der Waals surface area contributed by atoms with Gasteiger partial charge in [0.2, 0.25) is 5.91 Å². The Kier molecular flexibility index (Phi) is 2.72. The van der Waals surface area contributed by atoms with Gasteiger partial charge < -0.3 is 11.5 Å². The van der Waals surface area contributed by atoms with E-state index in [1.807, 2.05) is 42.5 Å². The summed E-state index contributed by atoms with van der Waals surface area (Å²) in [4.78, 5) is 13.9. The molecule has 1 aliphatic heterocycles. The quantitative estimate of drug-likeness (QED) is 0.803. The summed E-state index contributed by atoms with van der Waals surface area (Å²) in [6, 6.07) is 13.3. The van der Waals surface area contributed by atoms with Crippen molar-refractivity contribution in [1.29, 1.82) is 0 Å². The minimum absolute atomic E-state index is 0.0646. The molecule has 2 aromatic carbocycles. The third-order valence-electron chi connectivity index (χ3n) is 3.34. The van der Waals surface area contributed by atoms with Gasteiger partial charge >= 0.3 is 0 Å². The maximum Gasteiger partial charge on any atom is 0.236 e. The van der Waals surface area contributed by atoms with Crippen LogP contribution in [0.5, 0.6) is 0 Å². The predicted octanol–water partition coefficient (Wildman–Crippen LogP) is 1.95. The lowest BCUT2D eigenvalue weighted by Gasteiger charge is -2.18. The SMILES string of the molecule is NCc1ccc2c(c1)CC(=O)N2c1cccc(N)c1. The maximum atomic E-state index is 12.2. The monoisotopic (exact) mass is 253 g/mol. The summed E-state index contributed by atoms with van der Waals surface area (Å²) in [6.45, 7) is 0.486. The van der Waals surface area contributed by atoms with Gasteiger partial charge in [-0.25, -0.2) is 0 Å². The van der Waals surface area contributed by atoms with Crippen molar-refractivity contribution in [2.24, 2.45) is 5.73 Å². The number of carbonyl (C=O) groups excluding carboxylic acids is 1. The molecule has 0 saturated heterocycles. The second-order valence-electron chi connectivity index (χ2n) is 4.67. The van der Waals surface area contributed by atoms with E-state index in [4.69, 9.17) is 11.5 Å². The fraction of sp³-hybridized carbons (Fsp3) is 0.133. The molecule has 4 nitrogen and oxygen atoms in total. The fourth-order valence-corrected chi connectivity index (χ4v) is 2.45. The van der Waals surface area contributed by atoms with Crippen LogP contribution in [0.25, 0.3) is 0 Å². The van der Waals surface area contributed by atoms with Crippen LogP contribution in [0.15, 0.2) is 42.5 Å². The number of amides is 1. The average molecular weight is 253 g/mol. The van der Waals surface area contributed by atoms with Gasteiger partial charge in [0.05, 0.1) is 17.8 Å². The van der Waals surface area contributed by atoms with Crippen LogP contribution >= 0.6 is 0 Å². The highest BCUT2D eigenvalue weighted by Crippen LogP contribution is 2.36. The number of nitrogen functional groups attached to an aromatic ring is 1. The Labute approximate surface area is 111 Å². The van der Waals surface area contributed by atoms with Crippen LogP contribution in [0.2, 0.25) is 0 Å². The molecule has 1 aliphatic rings. The van der Waals surface area contributed by atoms with E-state index < -0.39 is 0 Å². The lowest BCUT2D eigenvalue weighted by molar-refractivity contribution is -0.116. The van der Waals surface area contributed by atoms with Crippen LogP contribution in [-0.4, -0.2) is 5.91 Å². The normalized spacial score (nSPS) is 13.7. The molecule has 0 aromatic heterocycles. The minimum atomic E-state index is 0.0646. The largest absolute Gasteiger partial charge is 0.399 e. The van der Waals surface area contributed by atoms with E-state index in [1.54, 1.807) is 4.90 Å². The second kappa shape index (κ2) is 4.40. The Morgan fingerprint density at radius 1 is 1.16 bits per heavy atom. The molecule has 0 fully saturated rings. The van der Waals surface area contributed by atoms with E-state index in [1.165, 1.54) is 0 Å². The molecule has 0 unspecified atom stereocenters. The first-order chi connectivity index (χ1) is 9.19. The molecule has 0 spiro atoms. The molecule has 2 aromatic rings. The summed E-state index contributed by atoms with van der Waals surface area (Å²) in [5.41, 5.74) is 15.9. The van der Waals surface area contributed by atoms with Crippen LogP contribution in [0.3, 0.4) is 0 Å². The van der Waals surface area contributed by atoms with E-state index in [-0.39, 0.29) is 5.91 Å². The zero-order valence-corrected chi connectivity index (χ0v) is 10.5. The van der Waals surface area contributed by atoms with Crippen LogP contribution in [0.4, 0.5) is 17.1 Å². The lowest BCUT2D eigenvalue weighted by atomic mass is 10.1. The van der Waals surface area contributed by atoms with Crippen molar-refractivity contribution in [3.05, 3.63) is 53.6 Å². The van der Waals surface area contributed by atoms with E-state index in [0.717, 1.165) is 22.5 Å². The number of carbonyl (C=O) groups is 1. The molecule has 96 valence electrons. The maximum absolute atomic E-state index is 12.2. The Balaban J connectivity index is 2.08. The molecule has 0 bridgehead atoms. The molecule has 0 saturated carbocycles. The predicted molar refractivity (Wildman–Crippen MR) is 76.0 cm³/mol. The van der Waals surface area contributed by atoms with Crippen LogP contribution in [0.1, 0.15) is 11.1 Å². The van der Waals surface area contributed by atoms with E-state index in [2.05, 4.69) is 0 Å². The molecular formula is C15H15N3O. The molecule has 1 heterocycles. The number of rotatable bonds is 2. The van der Waals surface area contributed by atoms with Crippen LogP contribution < -0.4 is 16.4 Å². The molecular weight excluding hydrogens is 238 g/mol. The summed E-state index contributed by atoms with van der Waals surface area (Å²) in [7, 11) is 0. The van der Waals surface area contributed by atoms with E-state index in [9.17, 15) is 4.79 Å². The smallest absolute Gasteiger partial charge is 0.236 e. The minimum Gasteiger partial charge on any atom is -0.399 e. The number of fused-ring (bicyclic) bond motifs is 1. The Morgan fingerprint density at radius 3 is 2.74 bits per heavy atom. The van der Waals surface area contributed by atoms with Gasteiger partial charge in [-0.2, -0.15) is 0 Å². The van der Waals surface area contributed by atoms with Gasteiger partial charge in [0.1, 0.15) is 0 Å². The van der Waals surface area contributed by atoms with Gasteiger partial charge in [-0.3, -0.25) is 9.69 Å². The molecule has 1 amide bonds. The van der Waals surface area contributed by atoms with Gasteiger partial charge in [0.15, 0.2) is 0 Å².